The summed E-state index contributed by atoms with van der Waals surface area (Å²) in [6, 6.07) is 4.15. The molecule has 0 saturated heterocycles. The van der Waals surface area contributed by atoms with Gasteiger partial charge in [-0.25, -0.2) is 19.3 Å². The zero-order valence-electron chi connectivity index (χ0n) is 18.2. The molecular weight excluding hydrogens is 431 g/mol. The fraction of sp³-hybridized carbons (Fsp3) is 0.227. The van der Waals surface area contributed by atoms with Crippen molar-refractivity contribution in [3.05, 3.63) is 60.0 Å². The minimum atomic E-state index is -0.517. The molecule has 2 amide bonds. The van der Waals surface area contributed by atoms with Gasteiger partial charge in [-0.1, -0.05) is 0 Å². The number of nitrogens with zero attached hydrogens (tertiary/aromatic N) is 4. The standard InChI is InChI=1S/C22H21FN6O4/c1-12-20(33-13(2)25-12)21(31)27-14-4-5-17(23)16(8-14)18-11-29-10-15(9-24-22(29)28-18)26-19(30)6-7-32-3/h4-5,8-11H,6-7H2,1-3H3,(H,26,30)(H,27,31). The number of hydrogen-bond donors (Lipinski definition) is 2. The number of amides is 2. The highest BCUT2D eigenvalue weighted by Gasteiger charge is 2.18. The predicted octanol–water partition coefficient (Wildman–Crippen LogP) is 3.37. The smallest absolute Gasteiger partial charge is 0.293 e. The molecule has 0 atom stereocenters. The zero-order chi connectivity index (χ0) is 23.5. The fourth-order valence-corrected chi connectivity index (χ4v) is 3.23. The molecule has 0 aliphatic carbocycles. The maximum Gasteiger partial charge on any atom is 0.293 e. The number of imidazole rings is 1. The first-order valence-electron chi connectivity index (χ1n) is 10.0. The number of oxazole rings is 1. The van der Waals surface area contributed by atoms with E-state index in [1.165, 1.54) is 31.5 Å². The molecule has 0 bridgehead atoms. The number of aryl methyl sites for hydroxylation is 2. The highest BCUT2D eigenvalue weighted by atomic mass is 19.1. The van der Waals surface area contributed by atoms with E-state index in [1.807, 2.05) is 0 Å². The van der Waals surface area contributed by atoms with Crippen LogP contribution in [0.3, 0.4) is 0 Å². The molecule has 11 heteroatoms. The SMILES string of the molecule is COCCC(=O)Nc1cnc2nc(-c3cc(NC(=O)c4oc(C)nc4C)ccc3F)cn2c1. The summed E-state index contributed by atoms with van der Waals surface area (Å²) in [6.07, 6.45) is 4.88. The summed E-state index contributed by atoms with van der Waals surface area (Å²) in [7, 11) is 1.52. The van der Waals surface area contributed by atoms with E-state index in [0.29, 0.717) is 41.0 Å². The van der Waals surface area contributed by atoms with Gasteiger partial charge in [-0.05, 0) is 25.1 Å². The Labute approximate surface area is 187 Å². The third kappa shape index (κ3) is 4.88. The number of carbonyl (C=O) groups is 2. The summed E-state index contributed by atoms with van der Waals surface area (Å²) in [4.78, 5) is 37.0. The van der Waals surface area contributed by atoms with Crippen molar-refractivity contribution in [1.82, 2.24) is 19.4 Å². The van der Waals surface area contributed by atoms with Crippen LogP contribution in [0, 0.1) is 19.7 Å². The van der Waals surface area contributed by atoms with Crippen molar-refractivity contribution in [3.63, 3.8) is 0 Å². The van der Waals surface area contributed by atoms with Gasteiger partial charge in [0.2, 0.25) is 17.4 Å². The van der Waals surface area contributed by atoms with E-state index in [0.717, 1.165) is 0 Å². The molecule has 170 valence electrons. The molecule has 0 aliphatic rings. The molecule has 0 saturated carbocycles. The Bertz CT molecular complexity index is 1350. The number of carbonyl (C=O) groups excluding carboxylic acids is 2. The van der Waals surface area contributed by atoms with Crippen LogP contribution in [0.2, 0.25) is 0 Å². The first-order valence-corrected chi connectivity index (χ1v) is 10.0. The molecule has 0 aliphatic heterocycles. The minimum Gasteiger partial charge on any atom is -0.436 e. The predicted molar refractivity (Wildman–Crippen MR) is 117 cm³/mol. The Balaban J connectivity index is 1.58. The van der Waals surface area contributed by atoms with Crippen LogP contribution in [-0.4, -0.2) is 44.9 Å². The van der Waals surface area contributed by atoms with Crippen LogP contribution in [0.5, 0.6) is 0 Å². The van der Waals surface area contributed by atoms with E-state index in [1.54, 1.807) is 30.6 Å². The number of ether oxygens (including phenoxy) is 1. The van der Waals surface area contributed by atoms with Crippen LogP contribution in [-0.2, 0) is 9.53 Å². The van der Waals surface area contributed by atoms with Gasteiger partial charge in [-0.2, -0.15) is 0 Å². The van der Waals surface area contributed by atoms with Gasteiger partial charge in [0.15, 0.2) is 5.89 Å². The molecule has 3 heterocycles. The van der Waals surface area contributed by atoms with Crippen molar-refractivity contribution in [2.75, 3.05) is 24.4 Å². The summed E-state index contributed by atoms with van der Waals surface area (Å²) in [5.41, 5.74) is 1.77. The first kappa shape index (κ1) is 22.1. The Morgan fingerprint density at radius 2 is 1.97 bits per heavy atom. The number of halogens is 1. The Kier molecular flexibility index (Phi) is 6.13. The third-order valence-corrected chi connectivity index (χ3v) is 4.74. The number of aromatic nitrogens is 4. The van der Waals surface area contributed by atoms with Gasteiger partial charge in [-0.15, -0.1) is 0 Å². The lowest BCUT2D eigenvalue weighted by atomic mass is 10.1. The van der Waals surface area contributed by atoms with Crippen LogP contribution in [0.15, 0.2) is 41.2 Å². The summed E-state index contributed by atoms with van der Waals surface area (Å²) in [5, 5.41) is 5.40. The second-order valence-corrected chi connectivity index (χ2v) is 7.26. The van der Waals surface area contributed by atoms with Gasteiger partial charge in [-0.3, -0.25) is 14.0 Å². The number of anilines is 2. The average Bonchev–Trinajstić information content (AvgIpc) is 3.35. The largest absolute Gasteiger partial charge is 0.436 e. The Morgan fingerprint density at radius 1 is 1.15 bits per heavy atom. The summed E-state index contributed by atoms with van der Waals surface area (Å²) in [6.45, 7) is 3.62. The second kappa shape index (κ2) is 9.17. The van der Waals surface area contributed by atoms with Gasteiger partial charge in [0, 0.05) is 37.7 Å². The molecule has 1 aromatic carbocycles. The number of rotatable bonds is 7. The van der Waals surface area contributed by atoms with E-state index in [2.05, 4.69) is 25.6 Å². The van der Waals surface area contributed by atoms with Crippen molar-refractivity contribution in [3.8, 4) is 11.3 Å². The van der Waals surface area contributed by atoms with E-state index in [4.69, 9.17) is 9.15 Å². The molecule has 4 rings (SSSR count). The molecule has 2 N–H and O–H groups in total. The van der Waals surface area contributed by atoms with Gasteiger partial charge < -0.3 is 19.8 Å². The summed E-state index contributed by atoms with van der Waals surface area (Å²) < 4.78 is 26.4. The Hall–Kier alpha value is -4.12. The molecular formula is C22H21FN6O4. The average molecular weight is 452 g/mol. The number of methoxy groups -OCH3 is 1. The van der Waals surface area contributed by atoms with E-state index >= 15 is 0 Å². The first-order chi connectivity index (χ1) is 15.8. The normalized spacial score (nSPS) is 11.0. The summed E-state index contributed by atoms with van der Waals surface area (Å²) in [5.74, 6) is -0.432. The third-order valence-electron chi connectivity index (χ3n) is 4.74. The number of benzene rings is 1. The minimum absolute atomic E-state index is 0.0929. The van der Waals surface area contributed by atoms with Gasteiger partial charge in [0.25, 0.3) is 5.91 Å². The fourth-order valence-electron chi connectivity index (χ4n) is 3.23. The summed E-state index contributed by atoms with van der Waals surface area (Å²) >= 11 is 0. The molecule has 0 radical (unpaired) electrons. The van der Waals surface area contributed by atoms with Crippen LogP contribution in [0.4, 0.5) is 15.8 Å². The number of nitrogens with one attached hydrogen (secondary N) is 2. The van der Waals surface area contributed by atoms with Crippen molar-refractivity contribution >= 4 is 29.0 Å². The van der Waals surface area contributed by atoms with Crippen molar-refractivity contribution in [2.45, 2.75) is 20.3 Å². The van der Waals surface area contributed by atoms with Gasteiger partial charge in [0.1, 0.15) is 5.82 Å². The van der Waals surface area contributed by atoms with E-state index in [9.17, 15) is 14.0 Å². The van der Waals surface area contributed by atoms with Crippen LogP contribution >= 0.6 is 0 Å². The van der Waals surface area contributed by atoms with Crippen molar-refractivity contribution in [1.29, 1.82) is 0 Å². The van der Waals surface area contributed by atoms with E-state index in [-0.39, 0.29) is 23.7 Å². The number of hydrogen-bond acceptors (Lipinski definition) is 7. The molecule has 3 aromatic heterocycles. The molecule has 33 heavy (non-hydrogen) atoms. The highest BCUT2D eigenvalue weighted by Crippen LogP contribution is 2.26. The molecule has 10 nitrogen and oxygen atoms in total. The monoisotopic (exact) mass is 452 g/mol. The molecule has 0 unspecified atom stereocenters. The maximum atomic E-state index is 14.6. The topological polar surface area (TPSA) is 124 Å². The Morgan fingerprint density at radius 3 is 2.70 bits per heavy atom. The van der Waals surface area contributed by atoms with Gasteiger partial charge >= 0.3 is 0 Å². The lowest BCUT2D eigenvalue weighted by Crippen LogP contribution is -2.14. The van der Waals surface area contributed by atoms with Crippen LogP contribution in [0.1, 0.15) is 28.6 Å². The highest BCUT2D eigenvalue weighted by molar-refractivity contribution is 6.03. The van der Waals surface area contributed by atoms with E-state index < -0.39 is 11.7 Å². The van der Waals surface area contributed by atoms with Crippen LogP contribution < -0.4 is 10.6 Å². The lowest BCUT2D eigenvalue weighted by Gasteiger charge is -2.06. The molecule has 4 aromatic rings. The molecule has 0 fully saturated rings. The molecule has 0 spiro atoms. The lowest BCUT2D eigenvalue weighted by molar-refractivity contribution is -0.117. The van der Waals surface area contributed by atoms with Crippen LogP contribution in [0.25, 0.3) is 17.0 Å². The maximum absolute atomic E-state index is 14.6. The zero-order valence-corrected chi connectivity index (χ0v) is 18.2. The van der Waals surface area contributed by atoms with Crippen molar-refractivity contribution in [2.24, 2.45) is 0 Å². The quantitative estimate of drug-likeness (QED) is 0.441. The number of fused-ring (bicyclic) bond motifs is 1. The van der Waals surface area contributed by atoms with Gasteiger partial charge in [0.05, 0.1) is 36.3 Å². The second-order valence-electron chi connectivity index (χ2n) is 7.26. The van der Waals surface area contributed by atoms with Crippen molar-refractivity contribution < 1.29 is 23.1 Å².